The molecule has 1 atom stereocenters. The number of carbonyl (C=O) groups is 1. The average molecular weight is 276 g/mol. The zero-order chi connectivity index (χ0) is 12.8. The number of benzene rings is 1. The second kappa shape index (κ2) is 7.92. The molecule has 4 N–H and O–H groups in total. The van der Waals surface area contributed by atoms with Crippen molar-refractivity contribution in [2.75, 3.05) is 6.61 Å². The molecule has 0 heterocycles. The molecule has 0 bridgehead atoms. The van der Waals surface area contributed by atoms with E-state index in [2.05, 4.69) is 0 Å². The third kappa shape index (κ3) is 4.91. The molecule has 1 rings (SSSR count). The van der Waals surface area contributed by atoms with E-state index < -0.39 is 5.97 Å². The maximum atomic E-state index is 10.7. The van der Waals surface area contributed by atoms with Crippen LogP contribution in [-0.2, 0) is 4.79 Å². The van der Waals surface area contributed by atoms with Crippen LogP contribution in [0.25, 0.3) is 0 Å². The van der Waals surface area contributed by atoms with Gasteiger partial charge in [0.2, 0.25) is 0 Å². The van der Waals surface area contributed by atoms with E-state index in [-0.39, 0.29) is 36.6 Å². The van der Waals surface area contributed by atoms with E-state index in [1.165, 1.54) is 19.1 Å². The van der Waals surface area contributed by atoms with Crippen LogP contribution < -0.4 is 10.5 Å². The Bertz CT molecular complexity index is 398. The van der Waals surface area contributed by atoms with Gasteiger partial charge in [0, 0.05) is 19.6 Å². The summed E-state index contributed by atoms with van der Waals surface area (Å²) >= 11 is 0. The number of nitrogens with two attached hydrogens (primary N) is 1. The highest BCUT2D eigenvalue weighted by atomic mass is 35.5. The van der Waals surface area contributed by atoms with E-state index in [0.29, 0.717) is 12.8 Å². The van der Waals surface area contributed by atoms with E-state index in [0.717, 1.165) is 5.56 Å². The van der Waals surface area contributed by atoms with Crippen LogP contribution in [0.1, 0.15) is 31.4 Å². The Hall–Kier alpha value is -1.30. The van der Waals surface area contributed by atoms with Crippen LogP contribution in [0.4, 0.5) is 0 Å². The minimum atomic E-state index is -0.488. The Labute approximate surface area is 112 Å². The molecule has 0 aromatic heterocycles. The van der Waals surface area contributed by atoms with Crippen molar-refractivity contribution in [1.29, 1.82) is 0 Å². The molecule has 1 aromatic rings. The molecule has 0 aliphatic heterocycles. The monoisotopic (exact) mass is 275 g/mol. The lowest BCUT2D eigenvalue weighted by molar-refractivity contribution is -0.132. The van der Waals surface area contributed by atoms with Gasteiger partial charge in [-0.15, -0.1) is 12.4 Å². The summed E-state index contributed by atoms with van der Waals surface area (Å²) in [5.74, 6) is -0.481. The van der Waals surface area contributed by atoms with E-state index in [9.17, 15) is 9.90 Å². The molecule has 102 valence electrons. The quantitative estimate of drug-likeness (QED) is 0.559. The summed E-state index contributed by atoms with van der Waals surface area (Å²) in [6.07, 6.45) is 1.23. The summed E-state index contributed by atoms with van der Waals surface area (Å²) in [4.78, 5) is 10.7. The number of hydrogen-bond acceptors (Lipinski definition) is 5. The summed E-state index contributed by atoms with van der Waals surface area (Å²) in [6, 6.07) is 4.42. The molecule has 0 saturated carbocycles. The van der Waals surface area contributed by atoms with Crippen molar-refractivity contribution in [3.8, 4) is 11.5 Å². The first-order valence-electron chi connectivity index (χ1n) is 5.42. The van der Waals surface area contributed by atoms with Gasteiger partial charge in [-0.05, 0) is 30.5 Å². The summed E-state index contributed by atoms with van der Waals surface area (Å²) in [7, 11) is 0. The molecule has 0 aliphatic carbocycles. The second-order valence-corrected chi connectivity index (χ2v) is 3.79. The van der Waals surface area contributed by atoms with Crippen LogP contribution >= 0.6 is 12.4 Å². The van der Waals surface area contributed by atoms with Gasteiger partial charge in [0.05, 0.1) is 0 Å². The van der Waals surface area contributed by atoms with Gasteiger partial charge < -0.3 is 20.7 Å². The fourth-order valence-corrected chi connectivity index (χ4v) is 1.48. The largest absolute Gasteiger partial charge is 0.504 e. The van der Waals surface area contributed by atoms with E-state index in [1.54, 1.807) is 6.07 Å². The Kier molecular flexibility index (Phi) is 7.35. The molecule has 5 nitrogen and oxygen atoms in total. The van der Waals surface area contributed by atoms with Crippen molar-refractivity contribution in [1.82, 2.24) is 0 Å². The molecule has 0 fully saturated rings. The van der Waals surface area contributed by atoms with Crippen LogP contribution in [-0.4, -0.2) is 22.8 Å². The van der Waals surface area contributed by atoms with Crippen molar-refractivity contribution >= 4 is 18.4 Å². The van der Waals surface area contributed by atoms with Gasteiger partial charge in [-0.3, -0.25) is 4.79 Å². The molecule has 18 heavy (non-hydrogen) atoms. The minimum Gasteiger partial charge on any atom is -0.504 e. The number of carbonyl (C=O) groups excluding carboxylic acids is 1. The Balaban J connectivity index is 0.00000289. The molecule has 0 unspecified atom stereocenters. The number of aromatic hydroxyl groups is 1. The molecule has 0 aliphatic rings. The number of rotatable bonds is 5. The van der Waals surface area contributed by atoms with Gasteiger partial charge in [0.15, 0.2) is 11.5 Å². The molecule has 6 heteroatoms. The number of aliphatic hydroxyl groups excluding tert-OH is 1. The number of ether oxygens (including phenoxy) is 1. The minimum absolute atomic E-state index is 0. The van der Waals surface area contributed by atoms with Gasteiger partial charge in [-0.1, -0.05) is 6.07 Å². The molecule has 0 radical (unpaired) electrons. The van der Waals surface area contributed by atoms with Crippen molar-refractivity contribution < 1.29 is 19.7 Å². The molecular formula is C12H18ClNO4. The Morgan fingerprint density at radius 3 is 2.67 bits per heavy atom. The Morgan fingerprint density at radius 1 is 1.50 bits per heavy atom. The standard InChI is InChI=1S/C12H17NO4.ClH/c1-8(15)17-12-5-4-9(7-11(12)16)10(13)3-2-6-14;/h4-5,7,10,14,16H,2-3,6,13H2,1H3;1H/t10-;/m0./s1. The van der Waals surface area contributed by atoms with Crippen LogP contribution in [0.3, 0.4) is 0 Å². The lowest BCUT2D eigenvalue weighted by Gasteiger charge is -2.12. The van der Waals surface area contributed by atoms with E-state index >= 15 is 0 Å². The number of hydrogen-bond donors (Lipinski definition) is 3. The predicted molar refractivity (Wildman–Crippen MR) is 69.9 cm³/mol. The zero-order valence-corrected chi connectivity index (χ0v) is 10.9. The average Bonchev–Trinajstić information content (AvgIpc) is 2.28. The number of phenolic OH excluding ortho intramolecular Hbond substituents is 1. The fourth-order valence-electron chi connectivity index (χ4n) is 1.48. The summed E-state index contributed by atoms with van der Waals surface area (Å²) in [5, 5.41) is 18.3. The molecule has 1 aromatic carbocycles. The summed E-state index contributed by atoms with van der Waals surface area (Å²) in [5.41, 5.74) is 6.61. The van der Waals surface area contributed by atoms with E-state index in [1.807, 2.05) is 0 Å². The maximum Gasteiger partial charge on any atom is 0.308 e. The van der Waals surface area contributed by atoms with Crippen molar-refractivity contribution in [3.63, 3.8) is 0 Å². The van der Waals surface area contributed by atoms with Gasteiger partial charge in [0.25, 0.3) is 0 Å². The number of halogens is 1. The first-order chi connectivity index (χ1) is 8.04. The third-order valence-electron chi connectivity index (χ3n) is 2.34. The fraction of sp³-hybridized carbons (Fsp3) is 0.417. The smallest absolute Gasteiger partial charge is 0.308 e. The number of phenols is 1. The highest BCUT2D eigenvalue weighted by molar-refractivity contribution is 5.85. The highest BCUT2D eigenvalue weighted by Gasteiger charge is 2.10. The van der Waals surface area contributed by atoms with Crippen molar-refractivity contribution in [2.45, 2.75) is 25.8 Å². The molecule has 0 saturated heterocycles. The van der Waals surface area contributed by atoms with Crippen LogP contribution in [0.15, 0.2) is 18.2 Å². The van der Waals surface area contributed by atoms with Gasteiger partial charge in [-0.25, -0.2) is 0 Å². The molecule has 0 amide bonds. The van der Waals surface area contributed by atoms with E-state index in [4.69, 9.17) is 15.6 Å². The SMILES string of the molecule is CC(=O)Oc1ccc([C@@H](N)CCCO)cc1O.Cl. The third-order valence-corrected chi connectivity index (χ3v) is 2.34. The zero-order valence-electron chi connectivity index (χ0n) is 10.1. The first kappa shape index (κ1) is 16.7. The van der Waals surface area contributed by atoms with Gasteiger partial charge >= 0.3 is 5.97 Å². The lowest BCUT2D eigenvalue weighted by atomic mass is 10.0. The van der Waals surface area contributed by atoms with Gasteiger partial charge in [0.1, 0.15) is 0 Å². The number of aliphatic hydroxyl groups is 1. The second-order valence-electron chi connectivity index (χ2n) is 3.79. The molecular weight excluding hydrogens is 258 g/mol. The Morgan fingerprint density at radius 2 is 2.17 bits per heavy atom. The summed E-state index contributed by atoms with van der Waals surface area (Å²) in [6.45, 7) is 1.35. The van der Waals surface area contributed by atoms with Crippen LogP contribution in [0.2, 0.25) is 0 Å². The van der Waals surface area contributed by atoms with Crippen molar-refractivity contribution in [2.24, 2.45) is 5.73 Å². The van der Waals surface area contributed by atoms with Crippen molar-refractivity contribution in [3.05, 3.63) is 23.8 Å². The topological polar surface area (TPSA) is 92.8 Å². The lowest BCUT2D eigenvalue weighted by Crippen LogP contribution is -2.11. The maximum absolute atomic E-state index is 10.7. The van der Waals surface area contributed by atoms with Gasteiger partial charge in [-0.2, -0.15) is 0 Å². The van der Waals surface area contributed by atoms with Crippen LogP contribution in [0, 0.1) is 0 Å². The first-order valence-corrected chi connectivity index (χ1v) is 5.42. The molecule has 0 spiro atoms. The highest BCUT2D eigenvalue weighted by Crippen LogP contribution is 2.29. The number of esters is 1. The normalized spacial score (nSPS) is 11.5. The summed E-state index contributed by atoms with van der Waals surface area (Å²) < 4.78 is 4.79. The predicted octanol–water partition coefficient (Wildman–Crippen LogP) is 1.51. The van der Waals surface area contributed by atoms with Crippen LogP contribution in [0.5, 0.6) is 11.5 Å².